The number of nitrogens with zero attached hydrogens (tertiary/aromatic N) is 3. The van der Waals surface area contributed by atoms with Crippen molar-refractivity contribution in [1.29, 1.82) is 0 Å². The van der Waals surface area contributed by atoms with Crippen LogP contribution in [0.2, 0.25) is 0 Å². The van der Waals surface area contributed by atoms with Gasteiger partial charge in [0.25, 0.3) is 0 Å². The van der Waals surface area contributed by atoms with Crippen LogP contribution in [0.25, 0.3) is 0 Å². The summed E-state index contributed by atoms with van der Waals surface area (Å²) in [7, 11) is 6.21. The van der Waals surface area contributed by atoms with Gasteiger partial charge < -0.3 is 9.88 Å². The Bertz CT molecular complexity index is 335. The molecule has 1 aromatic rings. The van der Waals surface area contributed by atoms with Crippen LogP contribution in [0.3, 0.4) is 0 Å². The Morgan fingerprint density at radius 3 is 2.69 bits per heavy atom. The van der Waals surface area contributed by atoms with Gasteiger partial charge in [0.2, 0.25) is 0 Å². The highest BCUT2D eigenvalue weighted by atomic mass is 15.4. The molecule has 0 amide bonds. The molecule has 2 atom stereocenters. The molecule has 90 valence electrons. The van der Waals surface area contributed by atoms with Gasteiger partial charge in [-0.2, -0.15) is 0 Å². The lowest BCUT2D eigenvalue weighted by Crippen LogP contribution is -2.46. The molecule has 2 N–H and O–H groups in total. The molecule has 0 saturated carbocycles. The van der Waals surface area contributed by atoms with E-state index >= 15 is 0 Å². The van der Waals surface area contributed by atoms with Gasteiger partial charge in [0.05, 0.1) is 24.4 Å². The highest BCUT2D eigenvalue weighted by Crippen LogP contribution is 2.18. The van der Waals surface area contributed by atoms with Gasteiger partial charge in [0.15, 0.2) is 0 Å². The Kier molecular flexibility index (Phi) is 3.58. The van der Waals surface area contributed by atoms with Crippen LogP contribution in [0.4, 0.5) is 0 Å². The lowest BCUT2D eigenvalue weighted by Gasteiger charge is -2.26. The second kappa shape index (κ2) is 4.95. The smallest absolute Gasteiger partial charge is 0.0945 e. The average molecular weight is 223 g/mol. The van der Waals surface area contributed by atoms with Crippen LogP contribution in [0.1, 0.15) is 18.5 Å². The van der Waals surface area contributed by atoms with Gasteiger partial charge in [-0.3, -0.25) is 10.2 Å². The maximum Gasteiger partial charge on any atom is 0.0945 e. The molecule has 2 unspecified atom stereocenters. The fourth-order valence-electron chi connectivity index (χ4n) is 2.31. The van der Waals surface area contributed by atoms with Crippen molar-refractivity contribution in [1.82, 2.24) is 25.1 Å². The van der Waals surface area contributed by atoms with E-state index in [1.807, 2.05) is 26.6 Å². The Hall–Kier alpha value is -0.910. The predicted molar refractivity (Wildman–Crippen MR) is 63.7 cm³/mol. The summed E-state index contributed by atoms with van der Waals surface area (Å²) in [6, 6.07) is 0. The van der Waals surface area contributed by atoms with Gasteiger partial charge in [0.1, 0.15) is 0 Å². The fourth-order valence-corrected chi connectivity index (χ4v) is 2.31. The number of rotatable bonds is 4. The number of hydrogen-bond donors (Lipinski definition) is 2. The minimum Gasteiger partial charge on any atom is -0.337 e. The van der Waals surface area contributed by atoms with Crippen molar-refractivity contribution >= 4 is 0 Å². The largest absolute Gasteiger partial charge is 0.337 e. The first-order valence-electron chi connectivity index (χ1n) is 5.80. The summed E-state index contributed by atoms with van der Waals surface area (Å²) >= 11 is 0. The van der Waals surface area contributed by atoms with E-state index in [1.165, 1.54) is 18.5 Å². The number of hydrogen-bond acceptors (Lipinski definition) is 4. The third-order valence-corrected chi connectivity index (χ3v) is 3.47. The Morgan fingerprint density at radius 2 is 2.12 bits per heavy atom. The zero-order chi connectivity index (χ0) is 11.5. The SMILES string of the molecule is CNC1CCC(NCc2cncn2C)N1C. The molecule has 2 heterocycles. The molecule has 1 saturated heterocycles. The Morgan fingerprint density at radius 1 is 1.38 bits per heavy atom. The van der Waals surface area contributed by atoms with Crippen molar-refractivity contribution in [3.05, 3.63) is 18.2 Å². The van der Waals surface area contributed by atoms with Gasteiger partial charge in [0, 0.05) is 19.8 Å². The molecule has 1 aromatic heterocycles. The topological polar surface area (TPSA) is 45.1 Å². The lowest BCUT2D eigenvalue weighted by molar-refractivity contribution is 0.189. The number of likely N-dealkylation sites (tertiary alicyclic amines) is 1. The molecule has 0 aromatic carbocycles. The summed E-state index contributed by atoms with van der Waals surface area (Å²) in [5.74, 6) is 0. The molecule has 5 heteroatoms. The van der Waals surface area contributed by atoms with Crippen molar-refractivity contribution in [3.8, 4) is 0 Å². The minimum atomic E-state index is 0.465. The second-order valence-corrected chi connectivity index (χ2v) is 4.44. The van der Waals surface area contributed by atoms with E-state index in [1.54, 1.807) is 0 Å². The highest BCUT2D eigenvalue weighted by Gasteiger charge is 2.28. The zero-order valence-electron chi connectivity index (χ0n) is 10.3. The standard InChI is InChI=1S/C11H21N5/c1-12-10-4-5-11(16(10)3)14-7-9-6-13-8-15(9)2/h6,8,10-12,14H,4-5,7H2,1-3H3. The number of aromatic nitrogens is 2. The van der Waals surface area contributed by atoms with Crippen LogP contribution in [0.15, 0.2) is 12.5 Å². The Balaban J connectivity index is 1.85. The van der Waals surface area contributed by atoms with E-state index in [4.69, 9.17) is 0 Å². The van der Waals surface area contributed by atoms with Crippen LogP contribution in [-0.4, -0.2) is 40.9 Å². The highest BCUT2D eigenvalue weighted by molar-refractivity contribution is 4.97. The average Bonchev–Trinajstić information content (AvgIpc) is 2.83. The van der Waals surface area contributed by atoms with E-state index in [0.29, 0.717) is 12.3 Å². The summed E-state index contributed by atoms with van der Waals surface area (Å²) in [6.07, 6.45) is 7.12. The normalized spacial score (nSPS) is 26.4. The van der Waals surface area contributed by atoms with Gasteiger partial charge in [-0.25, -0.2) is 4.98 Å². The van der Waals surface area contributed by atoms with E-state index in [0.717, 1.165) is 6.54 Å². The second-order valence-electron chi connectivity index (χ2n) is 4.44. The summed E-state index contributed by atoms with van der Waals surface area (Å²) in [4.78, 5) is 6.47. The number of aryl methyl sites for hydroxylation is 1. The van der Waals surface area contributed by atoms with Crippen molar-refractivity contribution in [2.75, 3.05) is 14.1 Å². The molecule has 0 radical (unpaired) electrons. The molecule has 1 aliphatic rings. The third kappa shape index (κ3) is 2.26. The van der Waals surface area contributed by atoms with Crippen molar-refractivity contribution in [2.45, 2.75) is 31.7 Å². The molecular weight excluding hydrogens is 202 g/mol. The van der Waals surface area contributed by atoms with Gasteiger partial charge in [-0.15, -0.1) is 0 Å². The maximum absolute atomic E-state index is 4.11. The lowest BCUT2D eigenvalue weighted by atomic mass is 10.3. The maximum atomic E-state index is 4.11. The molecule has 0 spiro atoms. The molecule has 1 aliphatic heterocycles. The first kappa shape index (κ1) is 11.6. The van der Waals surface area contributed by atoms with E-state index < -0.39 is 0 Å². The van der Waals surface area contributed by atoms with Crippen LogP contribution < -0.4 is 10.6 Å². The Labute approximate surface area is 96.8 Å². The van der Waals surface area contributed by atoms with Gasteiger partial charge in [-0.1, -0.05) is 0 Å². The summed E-state index contributed by atoms with van der Waals surface area (Å²) in [5.41, 5.74) is 1.22. The fraction of sp³-hybridized carbons (Fsp3) is 0.727. The molecule has 1 fully saturated rings. The summed E-state index contributed by atoms with van der Waals surface area (Å²) in [6.45, 7) is 0.877. The molecule has 5 nitrogen and oxygen atoms in total. The van der Waals surface area contributed by atoms with Gasteiger partial charge in [-0.05, 0) is 26.9 Å². The van der Waals surface area contributed by atoms with E-state index in [2.05, 4.69) is 32.1 Å². The number of imidazole rings is 1. The first-order chi connectivity index (χ1) is 7.72. The van der Waals surface area contributed by atoms with Crippen molar-refractivity contribution in [3.63, 3.8) is 0 Å². The first-order valence-corrected chi connectivity index (χ1v) is 5.80. The molecule has 16 heavy (non-hydrogen) atoms. The summed E-state index contributed by atoms with van der Waals surface area (Å²) in [5, 5.41) is 6.88. The number of nitrogens with one attached hydrogen (secondary N) is 2. The van der Waals surface area contributed by atoms with E-state index in [9.17, 15) is 0 Å². The van der Waals surface area contributed by atoms with Crippen LogP contribution in [-0.2, 0) is 13.6 Å². The summed E-state index contributed by atoms with van der Waals surface area (Å²) < 4.78 is 2.05. The predicted octanol–water partition coefficient (Wildman–Crippen LogP) is 0.107. The van der Waals surface area contributed by atoms with Crippen molar-refractivity contribution in [2.24, 2.45) is 7.05 Å². The zero-order valence-corrected chi connectivity index (χ0v) is 10.3. The monoisotopic (exact) mass is 223 g/mol. The molecular formula is C11H21N5. The minimum absolute atomic E-state index is 0.465. The quantitative estimate of drug-likeness (QED) is 0.760. The molecule has 0 bridgehead atoms. The van der Waals surface area contributed by atoms with Crippen LogP contribution in [0, 0.1) is 0 Å². The van der Waals surface area contributed by atoms with E-state index in [-0.39, 0.29) is 0 Å². The van der Waals surface area contributed by atoms with Crippen LogP contribution >= 0.6 is 0 Å². The molecule has 2 rings (SSSR count). The third-order valence-electron chi connectivity index (χ3n) is 3.47. The molecule has 0 aliphatic carbocycles. The van der Waals surface area contributed by atoms with Crippen molar-refractivity contribution < 1.29 is 0 Å². The van der Waals surface area contributed by atoms with Gasteiger partial charge >= 0.3 is 0 Å². The van der Waals surface area contributed by atoms with Crippen LogP contribution in [0.5, 0.6) is 0 Å².